The van der Waals surface area contributed by atoms with Gasteiger partial charge in [0.15, 0.2) is 0 Å². The van der Waals surface area contributed by atoms with Crippen molar-refractivity contribution in [2.75, 3.05) is 13.6 Å². The molecular formula is C11H20BrNO. The van der Waals surface area contributed by atoms with E-state index in [1.165, 1.54) is 12.8 Å². The van der Waals surface area contributed by atoms with Gasteiger partial charge in [-0.05, 0) is 24.7 Å². The van der Waals surface area contributed by atoms with E-state index in [4.69, 9.17) is 0 Å². The zero-order chi connectivity index (χ0) is 10.7. The highest BCUT2D eigenvalue weighted by Gasteiger charge is 2.28. The smallest absolute Gasteiger partial charge is 0.222 e. The molecule has 2 nitrogen and oxygen atoms in total. The van der Waals surface area contributed by atoms with Gasteiger partial charge in [-0.15, -0.1) is 0 Å². The second-order valence-corrected chi connectivity index (χ2v) is 6.10. The van der Waals surface area contributed by atoms with Crippen LogP contribution in [0.15, 0.2) is 0 Å². The number of carbonyl (C=O) groups is 1. The fourth-order valence-electron chi connectivity index (χ4n) is 1.80. The van der Waals surface area contributed by atoms with Gasteiger partial charge < -0.3 is 4.90 Å². The highest BCUT2D eigenvalue weighted by molar-refractivity contribution is 9.09. The average molecular weight is 262 g/mol. The van der Waals surface area contributed by atoms with E-state index in [0.717, 1.165) is 12.5 Å². The molecule has 0 heterocycles. The van der Waals surface area contributed by atoms with Crippen LogP contribution in [0.2, 0.25) is 0 Å². The van der Waals surface area contributed by atoms with E-state index >= 15 is 0 Å². The van der Waals surface area contributed by atoms with Crippen LogP contribution in [-0.4, -0.2) is 29.2 Å². The summed E-state index contributed by atoms with van der Waals surface area (Å²) < 4.78 is 0. The molecule has 1 aliphatic carbocycles. The van der Waals surface area contributed by atoms with Crippen molar-refractivity contribution in [2.24, 2.45) is 11.8 Å². The number of amides is 1. The van der Waals surface area contributed by atoms with Crippen LogP contribution in [0, 0.1) is 11.8 Å². The molecule has 0 atom stereocenters. The third kappa shape index (κ3) is 3.60. The van der Waals surface area contributed by atoms with E-state index in [-0.39, 0.29) is 5.91 Å². The number of alkyl halides is 1. The highest BCUT2D eigenvalue weighted by Crippen LogP contribution is 2.33. The summed E-state index contributed by atoms with van der Waals surface area (Å²) in [4.78, 5) is 14.2. The van der Waals surface area contributed by atoms with Crippen molar-refractivity contribution in [1.82, 2.24) is 4.90 Å². The first-order chi connectivity index (χ1) is 6.49. The van der Waals surface area contributed by atoms with Crippen molar-refractivity contribution in [3.8, 4) is 0 Å². The Bertz CT molecular complexity index is 199. The summed E-state index contributed by atoms with van der Waals surface area (Å²) in [7, 11) is 1.92. The molecule has 0 spiro atoms. The third-order valence-corrected chi connectivity index (χ3v) is 3.47. The Morgan fingerprint density at radius 1 is 1.50 bits per heavy atom. The second kappa shape index (κ2) is 5.15. The lowest BCUT2D eigenvalue weighted by atomic mass is 9.85. The molecule has 0 bridgehead atoms. The molecule has 14 heavy (non-hydrogen) atoms. The summed E-state index contributed by atoms with van der Waals surface area (Å²) in [6, 6.07) is 0. The molecule has 1 fully saturated rings. The number of hydrogen-bond donors (Lipinski definition) is 0. The van der Waals surface area contributed by atoms with Gasteiger partial charge in [-0.3, -0.25) is 4.79 Å². The van der Waals surface area contributed by atoms with Gasteiger partial charge >= 0.3 is 0 Å². The van der Waals surface area contributed by atoms with Crippen LogP contribution in [0.25, 0.3) is 0 Å². The number of rotatable bonds is 4. The average Bonchev–Trinajstić information content (AvgIpc) is 2.00. The maximum Gasteiger partial charge on any atom is 0.222 e. The maximum atomic E-state index is 11.6. The first kappa shape index (κ1) is 12.0. The molecule has 82 valence electrons. The Hall–Kier alpha value is -0.0500. The lowest BCUT2D eigenvalue weighted by molar-refractivity contribution is -0.131. The van der Waals surface area contributed by atoms with Crippen LogP contribution in [0.1, 0.15) is 33.1 Å². The molecule has 1 amide bonds. The van der Waals surface area contributed by atoms with E-state index in [0.29, 0.717) is 17.2 Å². The summed E-state index contributed by atoms with van der Waals surface area (Å²) in [5.41, 5.74) is 0. The minimum absolute atomic E-state index is 0.290. The van der Waals surface area contributed by atoms with Gasteiger partial charge in [-0.2, -0.15) is 0 Å². The Kier molecular flexibility index (Phi) is 4.42. The van der Waals surface area contributed by atoms with Gasteiger partial charge in [-0.25, -0.2) is 0 Å². The zero-order valence-corrected chi connectivity index (χ0v) is 10.9. The van der Waals surface area contributed by atoms with Crippen molar-refractivity contribution in [3.05, 3.63) is 0 Å². The molecular weight excluding hydrogens is 242 g/mol. The van der Waals surface area contributed by atoms with Crippen molar-refractivity contribution >= 4 is 21.8 Å². The normalized spacial score (nSPS) is 26.1. The van der Waals surface area contributed by atoms with Gasteiger partial charge in [0.2, 0.25) is 5.91 Å². The largest absolute Gasteiger partial charge is 0.345 e. The van der Waals surface area contributed by atoms with E-state index in [1.807, 2.05) is 11.9 Å². The molecule has 3 heteroatoms. The minimum Gasteiger partial charge on any atom is -0.345 e. The molecule has 0 aliphatic heterocycles. The van der Waals surface area contributed by atoms with Gasteiger partial charge in [-0.1, -0.05) is 29.8 Å². The minimum atomic E-state index is 0.290. The third-order valence-electron chi connectivity index (χ3n) is 2.72. The maximum absolute atomic E-state index is 11.6. The van der Waals surface area contributed by atoms with Crippen molar-refractivity contribution in [1.29, 1.82) is 0 Å². The number of halogens is 1. The predicted octanol–water partition coefficient (Wildman–Crippen LogP) is 2.66. The number of carbonyl (C=O) groups excluding carboxylic acids is 1. The quantitative estimate of drug-likeness (QED) is 0.713. The van der Waals surface area contributed by atoms with Crippen LogP contribution in [0.5, 0.6) is 0 Å². The standard InChI is InChI=1S/C11H20BrNO/c1-8(2)4-11(14)13(3)7-9-5-10(12)6-9/h8-10H,4-7H2,1-3H3. The fourth-order valence-corrected chi connectivity index (χ4v) is 2.85. The van der Waals surface area contributed by atoms with E-state index in [2.05, 4.69) is 29.8 Å². The number of nitrogens with zero attached hydrogens (tertiary/aromatic N) is 1. The van der Waals surface area contributed by atoms with E-state index in [9.17, 15) is 4.79 Å². The topological polar surface area (TPSA) is 20.3 Å². The molecule has 1 rings (SSSR count). The molecule has 1 aliphatic rings. The molecule has 0 aromatic carbocycles. The number of hydrogen-bond acceptors (Lipinski definition) is 1. The Balaban J connectivity index is 2.20. The van der Waals surface area contributed by atoms with Crippen molar-refractivity contribution < 1.29 is 4.79 Å². The van der Waals surface area contributed by atoms with Crippen LogP contribution >= 0.6 is 15.9 Å². The molecule has 1 saturated carbocycles. The summed E-state index contributed by atoms with van der Waals surface area (Å²) in [5, 5.41) is 0. The first-order valence-electron chi connectivity index (χ1n) is 5.37. The molecule has 0 aromatic heterocycles. The molecule has 0 saturated heterocycles. The van der Waals surface area contributed by atoms with Crippen molar-refractivity contribution in [2.45, 2.75) is 37.9 Å². The lowest BCUT2D eigenvalue weighted by Gasteiger charge is -2.34. The zero-order valence-electron chi connectivity index (χ0n) is 9.29. The lowest BCUT2D eigenvalue weighted by Crippen LogP contribution is -2.38. The van der Waals surface area contributed by atoms with Gasteiger partial charge in [0.25, 0.3) is 0 Å². The van der Waals surface area contributed by atoms with E-state index in [1.54, 1.807) is 0 Å². The Labute approximate surface area is 95.2 Å². The van der Waals surface area contributed by atoms with Crippen LogP contribution in [0.4, 0.5) is 0 Å². The fraction of sp³-hybridized carbons (Fsp3) is 0.909. The summed E-state index contributed by atoms with van der Waals surface area (Å²) in [6.45, 7) is 5.11. The highest BCUT2D eigenvalue weighted by atomic mass is 79.9. The van der Waals surface area contributed by atoms with Crippen molar-refractivity contribution in [3.63, 3.8) is 0 Å². The van der Waals surface area contributed by atoms with Crippen LogP contribution < -0.4 is 0 Å². The molecule has 0 unspecified atom stereocenters. The van der Waals surface area contributed by atoms with Crippen LogP contribution in [0.3, 0.4) is 0 Å². The molecule has 0 N–H and O–H groups in total. The molecule has 0 radical (unpaired) electrons. The van der Waals surface area contributed by atoms with Crippen LogP contribution in [-0.2, 0) is 4.79 Å². The van der Waals surface area contributed by atoms with Gasteiger partial charge in [0.1, 0.15) is 0 Å². The summed E-state index contributed by atoms with van der Waals surface area (Å²) in [6.07, 6.45) is 3.12. The first-order valence-corrected chi connectivity index (χ1v) is 6.28. The van der Waals surface area contributed by atoms with Gasteiger partial charge in [0.05, 0.1) is 0 Å². The monoisotopic (exact) mass is 261 g/mol. The second-order valence-electron chi connectivity index (χ2n) is 4.81. The van der Waals surface area contributed by atoms with E-state index < -0.39 is 0 Å². The van der Waals surface area contributed by atoms with Gasteiger partial charge in [0, 0.05) is 24.8 Å². The Morgan fingerprint density at radius 3 is 2.50 bits per heavy atom. The molecule has 0 aromatic rings. The summed E-state index contributed by atoms with van der Waals surface area (Å²) >= 11 is 3.56. The summed E-state index contributed by atoms with van der Waals surface area (Å²) in [5.74, 6) is 1.48. The SMILES string of the molecule is CC(C)CC(=O)N(C)CC1CC(Br)C1. The Morgan fingerprint density at radius 2 is 2.07 bits per heavy atom. The predicted molar refractivity (Wildman–Crippen MR) is 62.5 cm³/mol.